The molecule has 6 heteroatoms. The number of aliphatic carboxylic acids is 1. The number of carbonyl (C=O) groups is 1. The molecule has 0 fully saturated rings. The Morgan fingerprint density at radius 3 is 2.75 bits per heavy atom. The van der Waals surface area contributed by atoms with Crippen LogP contribution in [0.2, 0.25) is 0 Å². The molecule has 2 N–H and O–H groups in total. The molecule has 6 nitrogen and oxygen atoms in total. The van der Waals surface area contributed by atoms with Crippen LogP contribution in [0.25, 0.3) is 11.0 Å². The minimum absolute atomic E-state index is 0.151. The predicted molar refractivity (Wildman–Crippen MR) is 73.7 cm³/mol. The highest BCUT2D eigenvalue weighted by molar-refractivity contribution is 5.95. The number of rotatable bonds is 3. The van der Waals surface area contributed by atoms with Crippen LogP contribution in [-0.2, 0) is 4.79 Å². The van der Waals surface area contributed by atoms with Crippen molar-refractivity contribution in [3.8, 4) is 5.75 Å². The van der Waals surface area contributed by atoms with E-state index < -0.39 is 18.1 Å². The second kappa shape index (κ2) is 5.16. The molecule has 0 spiro atoms. The lowest BCUT2D eigenvalue weighted by Crippen LogP contribution is -2.09. The van der Waals surface area contributed by atoms with Crippen LogP contribution in [-0.4, -0.2) is 28.9 Å². The number of carboxylic acids is 1. The summed E-state index contributed by atoms with van der Waals surface area (Å²) in [7, 11) is 0. The van der Waals surface area contributed by atoms with Gasteiger partial charge in [-0.3, -0.25) is 9.79 Å². The fourth-order valence-electron chi connectivity index (χ4n) is 1.83. The Labute approximate surface area is 114 Å². The zero-order valence-corrected chi connectivity index (χ0v) is 11.0. The molecule has 2 aromatic rings. The molecule has 0 radical (unpaired) electrons. The van der Waals surface area contributed by atoms with Crippen molar-refractivity contribution in [1.29, 1.82) is 0 Å². The summed E-state index contributed by atoms with van der Waals surface area (Å²) in [5, 5.41) is 19.0. The highest BCUT2D eigenvalue weighted by atomic mass is 16.4. The van der Waals surface area contributed by atoms with Crippen LogP contribution in [0.15, 0.2) is 26.3 Å². The predicted octanol–water partition coefficient (Wildman–Crippen LogP) is 1.62. The first-order valence-electron chi connectivity index (χ1n) is 5.89. The molecule has 1 heterocycles. The van der Waals surface area contributed by atoms with E-state index in [1.165, 1.54) is 0 Å². The van der Waals surface area contributed by atoms with Gasteiger partial charge < -0.3 is 14.6 Å². The van der Waals surface area contributed by atoms with Crippen molar-refractivity contribution in [2.24, 2.45) is 4.99 Å². The SMILES string of the molecule is Cc1ccc2c(O)c(C=NCC(=O)O)c(=O)oc2c1C. The lowest BCUT2D eigenvalue weighted by molar-refractivity contribution is -0.135. The van der Waals surface area contributed by atoms with Crippen LogP contribution in [0.3, 0.4) is 0 Å². The van der Waals surface area contributed by atoms with Crippen molar-refractivity contribution in [2.75, 3.05) is 6.54 Å². The van der Waals surface area contributed by atoms with E-state index in [1.807, 2.05) is 6.92 Å². The average Bonchev–Trinajstić information content (AvgIpc) is 2.38. The van der Waals surface area contributed by atoms with Gasteiger partial charge >= 0.3 is 11.6 Å². The third-order valence-electron chi connectivity index (χ3n) is 3.05. The van der Waals surface area contributed by atoms with Crippen molar-refractivity contribution in [3.05, 3.63) is 39.2 Å². The van der Waals surface area contributed by atoms with E-state index in [9.17, 15) is 14.7 Å². The van der Waals surface area contributed by atoms with E-state index in [2.05, 4.69) is 4.99 Å². The Hall–Kier alpha value is -2.63. The van der Waals surface area contributed by atoms with Crippen molar-refractivity contribution in [1.82, 2.24) is 0 Å². The number of hydrogen-bond donors (Lipinski definition) is 2. The molecular weight excluding hydrogens is 262 g/mol. The molecule has 0 amide bonds. The Bertz CT molecular complexity index is 773. The Balaban J connectivity index is 2.64. The third kappa shape index (κ3) is 2.40. The summed E-state index contributed by atoms with van der Waals surface area (Å²) >= 11 is 0. The van der Waals surface area contributed by atoms with Gasteiger partial charge in [0.05, 0.1) is 5.39 Å². The van der Waals surface area contributed by atoms with Crippen molar-refractivity contribution < 1.29 is 19.4 Å². The summed E-state index contributed by atoms with van der Waals surface area (Å²) in [6, 6.07) is 3.44. The van der Waals surface area contributed by atoms with Gasteiger partial charge in [0, 0.05) is 6.21 Å². The average molecular weight is 275 g/mol. The first kappa shape index (κ1) is 13.8. The maximum Gasteiger partial charge on any atom is 0.348 e. The zero-order chi connectivity index (χ0) is 14.9. The lowest BCUT2D eigenvalue weighted by atomic mass is 10.0. The van der Waals surface area contributed by atoms with Crippen LogP contribution in [0, 0.1) is 13.8 Å². The normalized spacial score (nSPS) is 11.3. The molecule has 104 valence electrons. The Morgan fingerprint density at radius 1 is 1.40 bits per heavy atom. The fourth-order valence-corrected chi connectivity index (χ4v) is 1.83. The molecule has 1 aromatic carbocycles. The van der Waals surface area contributed by atoms with E-state index >= 15 is 0 Å². The maximum atomic E-state index is 11.8. The van der Waals surface area contributed by atoms with Gasteiger partial charge in [-0.1, -0.05) is 6.07 Å². The highest BCUT2D eigenvalue weighted by Gasteiger charge is 2.14. The fraction of sp³-hybridized carbons (Fsp3) is 0.214. The first-order valence-corrected chi connectivity index (χ1v) is 5.89. The second-order valence-electron chi connectivity index (χ2n) is 4.40. The second-order valence-corrected chi connectivity index (χ2v) is 4.40. The van der Waals surface area contributed by atoms with Crippen LogP contribution < -0.4 is 5.63 Å². The number of aromatic hydroxyl groups is 1. The van der Waals surface area contributed by atoms with Gasteiger partial charge in [-0.2, -0.15) is 0 Å². The molecule has 0 aliphatic heterocycles. The summed E-state index contributed by atoms with van der Waals surface area (Å²) in [6.45, 7) is 3.18. The van der Waals surface area contributed by atoms with Crippen LogP contribution >= 0.6 is 0 Å². The molecule has 0 saturated carbocycles. The zero-order valence-electron chi connectivity index (χ0n) is 11.0. The molecular formula is C14H13NO5. The summed E-state index contributed by atoms with van der Waals surface area (Å²) in [6.07, 6.45) is 1.02. The molecule has 0 atom stereocenters. The quantitative estimate of drug-likeness (QED) is 0.655. The van der Waals surface area contributed by atoms with Gasteiger partial charge in [0.25, 0.3) is 0 Å². The summed E-state index contributed by atoms with van der Waals surface area (Å²) in [5.41, 5.74) is 1.12. The van der Waals surface area contributed by atoms with Crippen LogP contribution in [0.4, 0.5) is 0 Å². The van der Waals surface area contributed by atoms with E-state index in [0.29, 0.717) is 11.0 Å². The standard InChI is InChI=1S/C14H13NO5/c1-7-3-4-9-12(18)10(5-15-6-11(16)17)14(19)20-13(9)8(7)2/h3-5,18H,6H2,1-2H3,(H,16,17). The molecule has 0 saturated heterocycles. The largest absolute Gasteiger partial charge is 0.506 e. The Kier molecular flexibility index (Phi) is 3.56. The minimum Gasteiger partial charge on any atom is -0.506 e. The topological polar surface area (TPSA) is 100 Å². The van der Waals surface area contributed by atoms with Crippen molar-refractivity contribution >= 4 is 23.2 Å². The van der Waals surface area contributed by atoms with Gasteiger partial charge in [-0.25, -0.2) is 4.79 Å². The molecule has 0 bridgehead atoms. The molecule has 0 unspecified atom stereocenters. The summed E-state index contributed by atoms with van der Waals surface area (Å²) < 4.78 is 5.19. The number of hydrogen-bond acceptors (Lipinski definition) is 5. The minimum atomic E-state index is -1.13. The number of carboxylic acid groups (broad SMARTS) is 1. The van der Waals surface area contributed by atoms with Gasteiger partial charge in [0.15, 0.2) is 0 Å². The Morgan fingerprint density at radius 2 is 2.10 bits per heavy atom. The first-order chi connectivity index (χ1) is 9.41. The van der Waals surface area contributed by atoms with E-state index in [0.717, 1.165) is 17.3 Å². The monoisotopic (exact) mass is 275 g/mol. The van der Waals surface area contributed by atoms with E-state index in [4.69, 9.17) is 9.52 Å². The van der Waals surface area contributed by atoms with E-state index in [1.54, 1.807) is 19.1 Å². The van der Waals surface area contributed by atoms with Crippen LogP contribution in [0.5, 0.6) is 5.75 Å². The number of aliphatic imine (C=N–C) groups is 1. The van der Waals surface area contributed by atoms with Gasteiger partial charge in [0.1, 0.15) is 23.4 Å². The van der Waals surface area contributed by atoms with Gasteiger partial charge in [-0.15, -0.1) is 0 Å². The number of fused-ring (bicyclic) bond motifs is 1. The van der Waals surface area contributed by atoms with Gasteiger partial charge in [0.2, 0.25) is 0 Å². The summed E-state index contributed by atoms with van der Waals surface area (Å²) in [5.74, 6) is -1.38. The maximum absolute atomic E-state index is 11.8. The molecule has 20 heavy (non-hydrogen) atoms. The smallest absolute Gasteiger partial charge is 0.348 e. The molecule has 1 aromatic heterocycles. The lowest BCUT2D eigenvalue weighted by Gasteiger charge is -2.07. The van der Waals surface area contributed by atoms with Crippen LogP contribution in [0.1, 0.15) is 16.7 Å². The molecule has 2 rings (SSSR count). The molecule has 0 aliphatic rings. The van der Waals surface area contributed by atoms with E-state index in [-0.39, 0.29) is 11.3 Å². The third-order valence-corrected chi connectivity index (χ3v) is 3.05. The van der Waals surface area contributed by atoms with Crippen molar-refractivity contribution in [2.45, 2.75) is 13.8 Å². The van der Waals surface area contributed by atoms with Gasteiger partial charge in [-0.05, 0) is 31.0 Å². The summed E-state index contributed by atoms with van der Waals surface area (Å²) in [4.78, 5) is 25.8. The van der Waals surface area contributed by atoms with Crippen molar-refractivity contribution in [3.63, 3.8) is 0 Å². The highest BCUT2D eigenvalue weighted by Crippen LogP contribution is 2.29. The number of benzene rings is 1. The number of nitrogens with zero attached hydrogens (tertiary/aromatic N) is 1. The molecule has 0 aliphatic carbocycles. The number of aryl methyl sites for hydroxylation is 2.